The van der Waals surface area contributed by atoms with E-state index in [1.165, 1.54) is 0 Å². The van der Waals surface area contributed by atoms with E-state index in [4.69, 9.17) is 10.5 Å². The zero-order valence-electron chi connectivity index (χ0n) is 10.1. The smallest absolute Gasteiger partial charge is 0.234 e. The van der Waals surface area contributed by atoms with E-state index in [0.29, 0.717) is 6.42 Å². The van der Waals surface area contributed by atoms with E-state index in [0.717, 1.165) is 16.4 Å². The fourth-order valence-corrected chi connectivity index (χ4v) is 2.38. The molecule has 0 bridgehead atoms. The third-order valence-electron chi connectivity index (χ3n) is 2.41. The molecule has 0 aliphatic heterocycles. The first-order valence-electron chi connectivity index (χ1n) is 5.40. The molecule has 0 spiro atoms. The molecule has 1 atom stereocenters. The van der Waals surface area contributed by atoms with E-state index < -0.39 is 0 Å². The predicted molar refractivity (Wildman–Crippen MR) is 70.4 cm³/mol. The van der Waals surface area contributed by atoms with Crippen LogP contribution in [0.1, 0.15) is 6.42 Å². The van der Waals surface area contributed by atoms with Crippen molar-refractivity contribution in [2.75, 3.05) is 19.9 Å². The zero-order chi connectivity index (χ0) is 12.7. The molecule has 0 heterocycles. The lowest BCUT2D eigenvalue weighted by molar-refractivity contribution is -0.119. The van der Waals surface area contributed by atoms with Crippen LogP contribution in [0.15, 0.2) is 29.2 Å². The Labute approximate surface area is 106 Å². The van der Waals surface area contributed by atoms with Crippen LogP contribution in [0.3, 0.4) is 0 Å². The molecule has 0 saturated heterocycles. The average Bonchev–Trinajstić information content (AvgIpc) is 2.34. The van der Waals surface area contributed by atoms with Gasteiger partial charge in [0.05, 0.1) is 13.2 Å². The quantitative estimate of drug-likeness (QED) is 0.719. The number of nitrogens with two attached hydrogens (primary N) is 1. The van der Waals surface area contributed by atoms with E-state index in [1.807, 2.05) is 24.3 Å². The number of ether oxygens (including phenoxy) is 1. The lowest BCUT2D eigenvalue weighted by Gasteiger charge is -2.11. The van der Waals surface area contributed by atoms with Crippen LogP contribution in [0.25, 0.3) is 0 Å². The monoisotopic (exact) mass is 254 g/mol. The largest absolute Gasteiger partial charge is 0.497 e. The number of nitrogens with one attached hydrogen (secondary N) is 1. The van der Waals surface area contributed by atoms with Gasteiger partial charge in [-0.3, -0.25) is 4.79 Å². The van der Waals surface area contributed by atoms with E-state index >= 15 is 0 Å². The van der Waals surface area contributed by atoms with Gasteiger partial charge in [-0.05, 0) is 37.4 Å². The molecule has 94 valence electrons. The third kappa shape index (κ3) is 4.66. The topological polar surface area (TPSA) is 64.3 Å². The van der Waals surface area contributed by atoms with Gasteiger partial charge in [-0.1, -0.05) is 6.07 Å². The minimum Gasteiger partial charge on any atom is -0.497 e. The Hall–Kier alpha value is -1.20. The van der Waals surface area contributed by atoms with Gasteiger partial charge in [-0.25, -0.2) is 0 Å². The summed E-state index contributed by atoms with van der Waals surface area (Å²) in [6.45, 7) is 0. The minimum absolute atomic E-state index is 0.256. The number of carbonyl (C=O) groups is 1. The number of methoxy groups -OCH3 is 1. The summed E-state index contributed by atoms with van der Waals surface area (Å²) in [6, 6.07) is 7.59. The first-order chi connectivity index (χ1) is 8.17. The van der Waals surface area contributed by atoms with Crippen molar-refractivity contribution in [3.05, 3.63) is 24.3 Å². The van der Waals surface area contributed by atoms with Gasteiger partial charge in [0.1, 0.15) is 5.75 Å². The van der Waals surface area contributed by atoms with Crippen LogP contribution in [0.5, 0.6) is 5.75 Å². The lowest BCUT2D eigenvalue weighted by atomic mass is 10.2. The van der Waals surface area contributed by atoms with Crippen molar-refractivity contribution >= 4 is 17.7 Å². The van der Waals surface area contributed by atoms with Crippen LogP contribution in [-0.4, -0.2) is 31.9 Å². The maximum Gasteiger partial charge on any atom is 0.234 e. The minimum atomic E-state index is -0.307. The van der Waals surface area contributed by atoms with Crippen LogP contribution < -0.4 is 15.8 Å². The third-order valence-corrected chi connectivity index (χ3v) is 3.44. The Balaban J connectivity index is 2.42. The SMILES string of the molecule is CNC(CCSc1cccc(OC)c1)C(N)=O. The normalized spacial score (nSPS) is 12.1. The molecule has 3 N–H and O–H groups in total. The molecular weight excluding hydrogens is 236 g/mol. The van der Waals surface area contributed by atoms with Crippen molar-refractivity contribution in [3.8, 4) is 5.75 Å². The number of hydrogen-bond acceptors (Lipinski definition) is 4. The van der Waals surface area contributed by atoms with Crippen LogP contribution in [0.2, 0.25) is 0 Å². The average molecular weight is 254 g/mol. The van der Waals surface area contributed by atoms with Crippen molar-refractivity contribution in [1.82, 2.24) is 5.32 Å². The molecule has 0 fully saturated rings. The molecular formula is C12H18N2O2S. The number of likely N-dealkylation sites (N-methyl/N-ethyl adjacent to an activating group) is 1. The molecule has 17 heavy (non-hydrogen) atoms. The first-order valence-corrected chi connectivity index (χ1v) is 6.39. The van der Waals surface area contributed by atoms with Gasteiger partial charge in [0.2, 0.25) is 5.91 Å². The highest BCUT2D eigenvalue weighted by atomic mass is 32.2. The molecule has 5 heteroatoms. The van der Waals surface area contributed by atoms with Gasteiger partial charge >= 0.3 is 0 Å². The molecule has 0 aliphatic rings. The summed E-state index contributed by atoms with van der Waals surface area (Å²) < 4.78 is 5.14. The van der Waals surface area contributed by atoms with E-state index in [9.17, 15) is 4.79 Å². The molecule has 1 aromatic rings. The molecule has 1 unspecified atom stereocenters. The van der Waals surface area contributed by atoms with Crippen LogP contribution in [-0.2, 0) is 4.79 Å². The number of rotatable bonds is 7. The van der Waals surface area contributed by atoms with Crippen molar-refractivity contribution in [3.63, 3.8) is 0 Å². The number of thioether (sulfide) groups is 1. The fraction of sp³-hybridized carbons (Fsp3) is 0.417. The summed E-state index contributed by atoms with van der Waals surface area (Å²) in [5.41, 5.74) is 5.24. The first kappa shape index (κ1) is 13.9. The summed E-state index contributed by atoms with van der Waals surface area (Å²) >= 11 is 1.68. The van der Waals surface area contributed by atoms with E-state index in [-0.39, 0.29) is 11.9 Å². The van der Waals surface area contributed by atoms with Crippen LogP contribution in [0.4, 0.5) is 0 Å². The van der Waals surface area contributed by atoms with Gasteiger partial charge in [0.15, 0.2) is 0 Å². The molecule has 0 radical (unpaired) electrons. The van der Waals surface area contributed by atoms with E-state index in [2.05, 4.69) is 5.32 Å². The fourth-order valence-electron chi connectivity index (χ4n) is 1.41. The zero-order valence-corrected chi connectivity index (χ0v) is 10.9. The highest BCUT2D eigenvalue weighted by Gasteiger charge is 2.11. The standard InChI is InChI=1S/C12H18N2O2S/c1-14-11(12(13)15)6-7-17-10-5-3-4-9(8-10)16-2/h3-5,8,11,14H,6-7H2,1-2H3,(H2,13,15). The van der Waals surface area contributed by atoms with Gasteiger partial charge in [-0.15, -0.1) is 11.8 Å². The molecule has 0 aromatic heterocycles. The predicted octanol–water partition coefficient (Wildman–Crippen LogP) is 1.25. The Morgan fingerprint density at radius 1 is 1.59 bits per heavy atom. The molecule has 1 rings (SSSR count). The summed E-state index contributed by atoms with van der Waals surface area (Å²) in [5.74, 6) is 1.37. The molecule has 4 nitrogen and oxygen atoms in total. The Morgan fingerprint density at radius 2 is 2.35 bits per heavy atom. The van der Waals surface area contributed by atoms with Gasteiger partial charge in [0.25, 0.3) is 0 Å². The number of hydrogen-bond donors (Lipinski definition) is 2. The summed E-state index contributed by atoms with van der Waals surface area (Å²) in [5, 5.41) is 2.90. The van der Waals surface area contributed by atoms with Crippen LogP contribution >= 0.6 is 11.8 Å². The van der Waals surface area contributed by atoms with Gasteiger partial charge in [0, 0.05) is 4.90 Å². The highest BCUT2D eigenvalue weighted by molar-refractivity contribution is 7.99. The number of primary amides is 1. The highest BCUT2D eigenvalue weighted by Crippen LogP contribution is 2.23. The molecule has 1 amide bonds. The number of carbonyl (C=O) groups excluding carboxylic acids is 1. The molecule has 0 saturated carbocycles. The van der Waals surface area contributed by atoms with Gasteiger partial charge < -0.3 is 15.8 Å². The Morgan fingerprint density at radius 3 is 2.94 bits per heavy atom. The second kappa shape index (κ2) is 7.19. The lowest BCUT2D eigenvalue weighted by Crippen LogP contribution is -2.39. The van der Waals surface area contributed by atoms with Crippen molar-refractivity contribution in [2.45, 2.75) is 17.4 Å². The summed E-state index contributed by atoms with van der Waals surface area (Å²) in [7, 11) is 3.39. The summed E-state index contributed by atoms with van der Waals surface area (Å²) in [4.78, 5) is 12.1. The number of amides is 1. The van der Waals surface area contributed by atoms with Gasteiger partial charge in [-0.2, -0.15) is 0 Å². The maximum absolute atomic E-state index is 11.0. The van der Waals surface area contributed by atoms with Crippen molar-refractivity contribution in [2.24, 2.45) is 5.73 Å². The summed E-state index contributed by atoms with van der Waals surface area (Å²) in [6.07, 6.45) is 0.716. The van der Waals surface area contributed by atoms with E-state index in [1.54, 1.807) is 25.9 Å². The molecule has 1 aromatic carbocycles. The van der Waals surface area contributed by atoms with Crippen molar-refractivity contribution in [1.29, 1.82) is 0 Å². The Bertz CT molecular complexity index is 371. The van der Waals surface area contributed by atoms with Crippen molar-refractivity contribution < 1.29 is 9.53 Å². The Kier molecular flexibility index (Phi) is 5.86. The molecule has 0 aliphatic carbocycles. The second-order valence-corrected chi connectivity index (χ2v) is 4.73. The van der Waals surface area contributed by atoms with Crippen LogP contribution in [0, 0.1) is 0 Å². The second-order valence-electron chi connectivity index (χ2n) is 3.56. The maximum atomic E-state index is 11.0. The number of benzene rings is 1.